The average Bonchev–Trinajstić information content (AvgIpc) is 2.37. The molecule has 100 valence electrons. The van der Waals surface area contributed by atoms with Gasteiger partial charge in [0.05, 0.1) is 5.02 Å². The molecule has 0 amide bonds. The van der Waals surface area contributed by atoms with Crippen LogP contribution in [-0.2, 0) is 6.54 Å². The lowest BCUT2D eigenvalue weighted by Crippen LogP contribution is -2.33. The number of halogens is 1. The van der Waals surface area contributed by atoms with Gasteiger partial charge in [0, 0.05) is 43.4 Å². The number of aromatic nitrogens is 1. The number of nitrogens with zero attached hydrogens (tertiary/aromatic N) is 2. The molecule has 0 atom stereocenters. The van der Waals surface area contributed by atoms with Crippen LogP contribution in [0.2, 0.25) is 5.02 Å². The van der Waals surface area contributed by atoms with Gasteiger partial charge in [0.25, 0.3) is 0 Å². The molecular formula is C13H20ClN3S. The molecule has 0 spiro atoms. The Hall–Kier alpha value is -0.450. The number of thioether (sulfide) groups is 1. The summed E-state index contributed by atoms with van der Waals surface area (Å²) in [6.07, 6.45) is 1.93. The van der Waals surface area contributed by atoms with Crippen molar-refractivity contribution in [2.24, 2.45) is 0 Å². The van der Waals surface area contributed by atoms with Gasteiger partial charge in [-0.2, -0.15) is 11.8 Å². The first-order chi connectivity index (χ1) is 8.66. The lowest BCUT2D eigenvalue weighted by atomic mass is 10.2. The van der Waals surface area contributed by atoms with E-state index in [4.69, 9.17) is 11.6 Å². The van der Waals surface area contributed by atoms with Crippen molar-refractivity contribution in [1.82, 2.24) is 10.3 Å². The molecule has 1 aliphatic rings. The van der Waals surface area contributed by atoms with Crippen molar-refractivity contribution in [2.45, 2.75) is 26.4 Å². The molecule has 1 saturated heterocycles. The summed E-state index contributed by atoms with van der Waals surface area (Å²) in [6, 6.07) is 2.50. The molecule has 1 N–H and O–H groups in total. The van der Waals surface area contributed by atoms with Crippen molar-refractivity contribution in [3.05, 3.63) is 22.8 Å². The summed E-state index contributed by atoms with van der Waals surface area (Å²) in [4.78, 5) is 6.80. The minimum absolute atomic E-state index is 0.475. The molecule has 3 nitrogen and oxygen atoms in total. The molecule has 2 heterocycles. The van der Waals surface area contributed by atoms with Crippen LogP contribution < -0.4 is 10.2 Å². The smallest absolute Gasteiger partial charge is 0.147 e. The van der Waals surface area contributed by atoms with Crippen molar-refractivity contribution in [3.63, 3.8) is 0 Å². The Morgan fingerprint density at radius 1 is 1.44 bits per heavy atom. The molecule has 1 aliphatic heterocycles. The fourth-order valence-corrected chi connectivity index (χ4v) is 3.11. The first-order valence-corrected chi connectivity index (χ1v) is 7.90. The topological polar surface area (TPSA) is 28.2 Å². The zero-order valence-corrected chi connectivity index (χ0v) is 12.5. The van der Waals surface area contributed by atoms with Gasteiger partial charge in [-0.05, 0) is 11.6 Å². The van der Waals surface area contributed by atoms with Crippen LogP contribution in [0.25, 0.3) is 0 Å². The van der Waals surface area contributed by atoms with Gasteiger partial charge < -0.3 is 10.2 Å². The van der Waals surface area contributed by atoms with E-state index in [1.165, 1.54) is 0 Å². The summed E-state index contributed by atoms with van der Waals surface area (Å²) < 4.78 is 0. The SMILES string of the molecule is CC(C)NCc1cnc(N2CCSCC2)c(Cl)c1. The highest BCUT2D eigenvalue weighted by Gasteiger charge is 2.15. The fraction of sp³-hybridized carbons (Fsp3) is 0.615. The molecule has 0 saturated carbocycles. The Morgan fingerprint density at radius 2 is 2.17 bits per heavy atom. The zero-order chi connectivity index (χ0) is 13.0. The van der Waals surface area contributed by atoms with Crippen LogP contribution in [0, 0.1) is 0 Å². The molecule has 1 aromatic heterocycles. The van der Waals surface area contributed by atoms with Crippen LogP contribution in [0.15, 0.2) is 12.3 Å². The second kappa shape index (κ2) is 6.64. The van der Waals surface area contributed by atoms with Gasteiger partial charge in [-0.15, -0.1) is 0 Å². The van der Waals surface area contributed by atoms with E-state index in [0.717, 1.165) is 47.5 Å². The van der Waals surface area contributed by atoms with Crippen LogP contribution in [0.4, 0.5) is 5.82 Å². The standard InChI is InChI=1S/C13H20ClN3S/c1-10(2)15-8-11-7-12(14)13(16-9-11)17-3-5-18-6-4-17/h7,9-10,15H,3-6,8H2,1-2H3. The van der Waals surface area contributed by atoms with Gasteiger partial charge in [-0.25, -0.2) is 4.98 Å². The van der Waals surface area contributed by atoms with Crippen LogP contribution in [0.1, 0.15) is 19.4 Å². The van der Waals surface area contributed by atoms with Crippen molar-refractivity contribution in [3.8, 4) is 0 Å². The van der Waals surface area contributed by atoms with Gasteiger partial charge in [0.1, 0.15) is 5.82 Å². The van der Waals surface area contributed by atoms with E-state index in [2.05, 4.69) is 29.0 Å². The van der Waals surface area contributed by atoms with E-state index in [9.17, 15) is 0 Å². The monoisotopic (exact) mass is 285 g/mol. The predicted octanol–water partition coefficient (Wildman–Crippen LogP) is 2.79. The Bertz CT molecular complexity index is 392. The highest BCUT2D eigenvalue weighted by atomic mass is 35.5. The number of hydrogen-bond donors (Lipinski definition) is 1. The molecule has 2 rings (SSSR count). The van der Waals surface area contributed by atoms with Crippen molar-refractivity contribution < 1.29 is 0 Å². The highest BCUT2D eigenvalue weighted by molar-refractivity contribution is 7.99. The lowest BCUT2D eigenvalue weighted by molar-refractivity contribution is 0.588. The summed E-state index contributed by atoms with van der Waals surface area (Å²) in [5.41, 5.74) is 1.14. The highest BCUT2D eigenvalue weighted by Crippen LogP contribution is 2.26. The van der Waals surface area contributed by atoms with Crippen LogP contribution in [0.5, 0.6) is 0 Å². The Kier molecular flexibility index (Phi) is 5.15. The van der Waals surface area contributed by atoms with Gasteiger partial charge in [0.2, 0.25) is 0 Å². The van der Waals surface area contributed by atoms with E-state index in [1.807, 2.05) is 24.0 Å². The van der Waals surface area contributed by atoms with E-state index >= 15 is 0 Å². The minimum Gasteiger partial charge on any atom is -0.354 e. The number of nitrogens with one attached hydrogen (secondary N) is 1. The third-order valence-electron chi connectivity index (χ3n) is 2.90. The van der Waals surface area contributed by atoms with Crippen molar-refractivity contribution >= 4 is 29.2 Å². The molecule has 0 aromatic carbocycles. The number of anilines is 1. The van der Waals surface area contributed by atoms with Crippen LogP contribution in [-0.4, -0.2) is 35.6 Å². The van der Waals surface area contributed by atoms with Gasteiger partial charge in [-0.1, -0.05) is 25.4 Å². The second-order valence-electron chi connectivity index (χ2n) is 4.78. The van der Waals surface area contributed by atoms with Gasteiger partial charge >= 0.3 is 0 Å². The van der Waals surface area contributed by atoms with E-state index in [-0.39, 0.29) is 0 Å². The van der Waals surface area contributed by atoms with Crippen molar-refractivity contribution in [1.29, 1.82) is 0 Å². The van der Waals surface area contributed by atoms with E-state index in [0.29, 0.717) is 6.04 Å². The summed E-state index contributed by atoms with van der Waals surface area (Å²) >= 11 is 8.33. The Balaban J connectivity index is 2.04. The Morgan fingerprint density at radius 3 is 2.78 bits per heavy atom. The summed E-state index contributed by atoms with van der Waals surface area (Å²) in [6.45, 7) is 7.17. The summed E-state index contributed by atoms with van der Waals surface area (Å²) in [5.74, 6) is 3.26. The maximum atomic E-state index is 6.34. The Labute approximate surface area is 118 Å². The van der Waals surface area contributed by atoms with E-state index in [1.54, 1.807) is 0 Å². The largest absolute Gasteiger partial charge is 0.354 e. The number of pyridine rings is 1. The maximum absolute atomic E-state index is 6.34. The normalized spacial score (nSPS) is 16.3. The number of hydrogen-bond acceptors (Lipinski definition) is 4. The van der Waals surface area contributed by atoms with Crippen LogP contribution >= 0.6 is 23.4 Å². The molecule has 18 heavy (non-hydrogen) atoms. The van der Waals surface area contributed by atoms with Crippen molar-refractivity contribution in [2.75, 3.05) is 29.5 Å². The fourth-order valence-electron chi connectivity index (χ4n) is 1.90. The molecule has 5 heteroatoms. The lowest BCUT2D eigenvalue weighted by Gasteiger charge is -2.28. The minimum atomic E-state index is 0.475. The average molecular weight is 286 g/mol. The second-order valence-corrected chi connectivity index (χ2v) is 6.42. The predicted molar refractivity (Wildman–Crippen MR) is 80.8 cm³/mol. The molecule has 0 aliphatic carbocycles. The first-order valence-electron chi connectivity index (χ1n) is 6.37. The van der Waals surface area contributed by atoms with E-state index < -0.39 is 0 Å². The maximum Gasteiger partial charge on any atom is 0.147 e. The molecule has 1 aromatic rings. The summed E-state index contributed by atoms with van der Waals surface area (Å²) in [5, 5.41) is 4.14. The van der Waals surface area contributed by atoms with Gasteiger partial charge in [0.15, 0.2) is 0 Å². The quantitative estimate of drug-likeness (QED) is 0.921. The molecule has 1 fully saturated rings. The third kappa shape index (κ3) is 3.77. The third-order valence-corrected chi connectivity index (χ3v) is 4.12. The zero-order valence-electron chi connectivity index (χ0n) is 10.9. The molecule has 0 unspecified atom stereocenters. The number of rotatable bonds is 4. The first kappa shape index (κ1) is 14.0. The molecular weight excluding hydrogens is 266 g/mol. The molecule has 0 bridgehead atoms. The van der Waals surface area contributed by atoms with Gasteiger partial charge in [-0.3, -0.25) is 0 Å². The molecule has 0 radical (unpaired) electrons. The van der Waals surface area contributed by atoms with Crippen LogP contribution in [0.3, 0.4) is 0 Å². The summed E-state index contributed by atoms with van der Waals surface area (Å²) in [7, 11) is 0.